The molecule has 0 bridgehead atoms. The van der Waals surface area contributed by atoms with Gasteiger partial charge >= 0.3 is 191 Å². The van der Waals surface area contributed by atoms with Gasteiger partial charge in [-0.1, -0.05) is 0 Å². The van der Waals surface area contributed by atoms with Crippen LogP contribution in [0.3, 0.4) is 0 Å². The molecule has 4 rings (SSSR count). The van der Waals surface area contributed by atoms with Gasteiger partial charge in [-0.25, -0.2) is 0 Å². The van der Waals surface area contributed by atoms with Crippen LogP contribution in [-0.2, 0) is 11.5 Å². The number of hydrogen-bond donors (Lipinski definition) is 0. The average molecular weight is 526 g/mol. The summed E-state index contributed by atoms with van der Waals surface area (Å²) in [5, 5.41) is 1.95. The van der Waals surface area contributed by atoms with Crippen molar-refractivity contribution in [3.8, 4) is 0 Å². The fourth-order valence-electron chi connectivity index (χ4n) is 4.10. The van der Waals surface area contributed by atoms with Gasteiger partial charge in [0.1, 0.15) is 0 Å². The standard InChI is InChI=1S/C26H23Br2P/c27-20-22-12-10-11-13-23(22)21-29(28,24-14-4-1-5-15-24,25-16-6-2-7-17-25)26-18-8-3-9-19-26/h1-19H,20-21H2. The molecule has 0 saturated carbocycles. The molecule has 4 aromatic carbocycles. The second-order valence-corrected chi connectivity index (χ2v) is 16.7. The van der Waals surface area contributed by atoms with Gasteiger partial charge in [0.15, 0.2) is 0 Å². The predicted octanol–water partition coefficient (Wildman–Crippen LogP) is 6.92. The van der Waals surface area contributed by atoms with Gasteiger partial charge in [0.25, 0.3) is 0 Å². The predicted molar refractivity (Wildman–Crippen MR) is 137 cm³/mol. The Morgan fingerprint density at radius 2 is 0.828 bits per heavy atom. The summed E-state index contributed by atoms with van der Waals surface area (Å²) in [6.07, 6.45) is 0.922. The van der Waals surface area contributed by atoms with E-state index in [1.807, 2.05) is 0 Å². The maximum absolute atomic E-state index is 4.53. The zero-order valence-electron chi connectivity index (χ0n) is 16.1. The Hall–Kier alpha value is -1.73. The third kappa shape index (κ3) is 3.63. The van der Waals surface area contributed by atoms with Crippen molar-refractivity contribution in [2.75, 3.05) is 0 Å². The van der Waals surface area contributed by atoms with E-state index in [1.54, 1.807) is 0 Å². The van der Waals surface area contributed by atoms with Gasteiger partial charge in [0.05, 0.1) is 0 Å². The zero-order valence-corrected chi connectivity index (χ0v) is 20.2. The van der Waals surface area contributed by atoms with Crippen molar-refractivity contribution in [3.63, 3.8) is 0 Å². The van der Waals surface area contributed by atoms with Crippen LogP contribution >= 0.6 is 36.7 Å². The maximum atomic E-state index is 4.53. The van der Waals surface area contributed by atoms with Crippen LogP contribution in [0.5, 0.6) is 0 Å². The summed E-state index contributed by atoms with van der Waals surface area (Å²) < 4.78 is 0. The normalized spacial score (nSPS) is 12.8. The number of rotatable bonds is 6. The molecule has 0 radical (unpaired) electrons. The van der Waals surface area contributed by atoms with Gasteiger partial charge in [-0.05, 0) is 0 Å². The molecule has 0 heterocycles. The van der Waals surface area contributed by atoms with Crippen LogP contribution in [0.4, 0.5) is 0 Å². The summed E-state index contributed by atoms with van der Waals surface area (Å²) in [4.78, 5) is 0. The third-order valence-electron chi connectivity index (χ3n) is 5.61. The number of alkyl halides is 1. The Morgan fingerprint density at radius 3 is 1.21 bits per heavy atom. The number of hydrogen-bond acceptors (Lipinski definition) is 0. The Morgan fingerprint density at radius 1 is 0.483 bits per heavy atom. The second-order valence-electron chi connectivity index (χ2n) is 7.25. The number of halogens is 2. The molecule has 0 nitrogen and oxygen atoms in total. The van der Waals surface area contributed by atoms with Crippen molar-refractivity contribution in [1.29, 1.82) is 0 Å². The molecule has 0 spiro atoms. The SMILES string of the molecule is BrCc1ccccc1CP(Br)(c1ccccc1)(c1ccccc1)c1ccccc1. The Bertz CT molecular complexity index is 980. The molecule has 0 aromatic heterocycles. The minimum atomic E-state index is -2.94. The first-order valence-corrected chi connectivity index (χ1v) is 15.3. The molecule has 0 amide bonds. The Kier molecular flexibility index (Phi) is 6.06. The average Bonchev–Trinajstić information content (AvgIpc) is 2.81. The Balaban J connectivity index is 2.10. The summed E-state index contributed by atoms with van der Waals surface area (Å²) in [5.41, 5.74) is 2.71. The zero-order chi connectivity index (χ0) is 20.2. The van der Waals surface area contributed by atoms with Gasteiger partial charge in [-0.2, -0.15) is 0 Å². The molecule has 0 aliphatic rings. The van der Waals surface area contributed by atoms with Crippen LogP contribution in [-0.4, -0.2) is 0 Å². The molecule has 3 heteroatoms. The first-order chi connectivity index (χ1) is 14.2. The summed E-state index contributed by atoms with van der Waals surface area (Å²) in [5.74, 6) is 0. The molecular formula is C26H23Br2P. The molecular weight excluding hydrogens is 503 g/mol. The van der Waals surface area contributed by atoms with Crippen molar-refractivity contribution in [1.82, 2.24) is 0 Å². The number of benzene rings is 4. The summed E-state index contributed by atoms with van der Waals surface area (Å²) >= 11 is 8.23. The molecule has 4 aromatic rings. The van der Waals surface area contributed by atoms with Crippen molar-refractivity contribution in [3.05, 3.63) is 126 Å². The van der Waals surface area contributed by atoms with E-state index < -0.39 is 5.31 Å². The van der Waals surface area contributed by atoms with E-state index in [9.17, 15) is 0 Å². The topological polar surface area (TPSA) is 0 Å². The third-order valence-corrected chi connectivity index (χ3v) is 15.7. The summed E-state index contributed by atoms with van der Waals surface area (Å²) in [6.45, 7) is 0. The summed E-state index contributed by atoms with van der Waals surface area (Å²) in [6, 6.07) is 41.7. The second kappa shape index (κ2) is 8.56. The molecule has 0 fully saturated rings. The van der Waals surface area contributed by atoms with Gasteiger partial charge in [0.2, 0.25) is 0 Å². The van der Waals surface area contributed by atoms with Crippen LogP contribution in [0.1, 0.15) is 11.1 Å². The fourth-order valence-corrected chi connectivity index (χ4v) is 12.4. The van der Waals surface area contributed by atoms with Crippen molar-refractivity contribution < 1.29 is 0 Å². The van der Waals surface area contributed by atoms with E-state index >= 15 is 0 Å². The molecule has 0 aliphatic heterocycles. The van der Waals surface area contributed by atoms with Gasteiger partial charge in [0, 0.05) is 0 Å². The van der Waals surface area contributed by atoms with Gasteiger partial charge in [-0.15, -0.1) is 0 Å². The monoisotopic (exact) mass is 524 g/mol. The van der Waals surface area contributed by atoms with Crippen molar-refractivity contribution in [2.24, 2.45) is 0 Å². The molecule has 0 saturated heterocycles. The van der Waals surface area contributed by atoms with Gasteiger partial charge in [-0.3, -0.25) is 0 Å². The van der Waals surface area contributed by atoms with Crippen LogP contribution in [0.25, 0.3) is 0 Å². The minimum absolute atomic E-state index is 0.848. The first-order valence-electron chi connectivity index (χ1n) is 9.69. The molecule has 0 N–H and O–H groups in total. The van der Waals surface area contributed by atoms with E-state index in [-0.39, 0.29) is 0 Å². The Labute approximate surface area is 189 Å². The fraction of sp³-hybridized carbons (Fsp3) is 0.0769. The van der Waals surface area contributed by atoms with E-state index in [1.165, 1.54) is 27.0 Å². The van der Waals surface area contributed by atoms with Crippen molar-refractivity contribution in [2.45, 2.75) is 11.5 Å². The van der Waals surface area contributed by atoms with E-state index in [2.05, 4.69) is 147 Å². The molecule has 0 unspecified atom stereocenters. The van der Waals surface area contributed by atoms with E-state index in [0.717, 1.165) is 11.5 Å². The van der Waals surface area contributed by atoms with Crippen LogP contribution in [0.15, 0.2) is 115 Å². The molecule has 0 atom stereocenters. The molecule has 29 heavy (non-hydrogen) atoms. The first kappa shape index (κ1) is 20.5. The van der Waals surface area contributed by atoms with E-state index in [4.69, 9.17) is 0 Å². The van der Waals surface area contributed by atoms with Crippen LogP contribution in [0, 0.1) is 0 Å². The van der Waals surface area contributed by atoms with Crippen molar-refractivity contribution >= 4 is 52.6 Å². The summed E-state index contributed by atoms with van der Waals surface area (Å²) in [7, 11) is 0. The molecule has 146 valence electrons. The van der Waals surface area contributed by atoms with Gasteiger partial charge < -0.3 is 0 Å². The van der Waals surface area contributed by atoms with E-state index in [0.29, 0.717) is 0 Å². The van der Waals surface area contributed by atoms with Crippen LogP contribution in [0.2, 0.25) is 0 Å². The van der Waals surface area contributed by atoms with Crippen LogP contribution < -0.4 is 15.9 Å². The molecule has 0 aliphatic carbocycles. The quantitative estimate of drug-likeness (QED) is 0.189.